The van der Waals surface area contributed by atoms with E-state index >= 15 is 0 Å². The first-order chi connectivity index (χ1) is 9.36. The van der Waals surface area contributed by atoms with E-state index in [1.54, 1.807) is 24.3 Å². The molecule has 1 aromatic carbocycles. The van der Waals surface area contributed by atoms with Crippen molar-refractivity contribution in [2.45, 2.75) is 11.8 Å². The maximum Gasteiger partial charge on any atom is 0.257 e. The first-order valence-electron chi connectivity index (χ1n) is 5.90. The van der Waals surface area contributed by atoms with Crippen LogP contribution in [0.3, 0.4) is 0 Å². The molecule has 0 saturated carbocycles. The summed E-state index contributed by atoms with van der Waals surface area (Å²) in [5, 5.41) is 2.65. The van der Waals surface area contributed by atoms with Crippen molar-refractivity contribution in [1.29, 1.82) is 0 Å². The Morgan fingerprint density at radius 2 is 1.95 bits per heavy atom. The van der Waals surface area contributed by atoms with Crippen LogP contribution in [0.15, 0.2) is 47.5 Å². The van der Waals surface area contributed by atoms with Crippen LogP contribution in [0.2, 0.25) is 0 Å². The van der Waals surface area contributed by atoms with Crippen molar-refractivity contribution in [2.24, 2.45) is 0 Å². The molecule has 2 aromatic rings. The van der Waals surface area contributed by atoms with Crippen LogP contribution in [0, 0.1) is 6.92 Å². The van der Waals surface area contributed by atoms with E-state index in [2.05, 4.69) is 10.3 Å². The third-order valence-corrected chi connectivity index (χ3v) is 3.80. The van der Waals surface area contributed by atoms with Gasteiger partial charge in [0, 0.05) is 23.8 Å². The van der Waals surface area contributed by atoms with Crippen LogP contribution in [-0.2, 0) is 9.84 Å². The van der Waals surface area contributed by atoms with E-state index < -0.39 is 9.84 Å². The Hall–Kier alpha value is -2.21. The van der Waals surface area contributed by atoms with Crippen molar-refractivity contribution >= 4 is 21.4 Å². The average molecular weight is 290 g/mol. The third-order valence-electron chi connectivity index (χ3n) is 2.69. The number of aromatic nitrogens is 1. The number of nitrogens with zero attached hydrogens (tertiary/aromatic N) is 1. The van der Waals surface area contributed by atoms with Crippen molar-refractivity contribution in [3.8, 4) is 0 Å². The molecule has 5 nitrogen and oxygen atoms in total. The van der Waals surface area contributed by atoms with Gasteiger partial charge in [-0.3, -0.25) is 9.78 Å². The molecular weight excluding hydrogens is 276 g/mol. The fourth-order valence-electron chi connectivity index (χ4n) is 1.61. The molecule has 20 heavy (non-hydrogen) atoms. The number of hydrogen-bond acceptors (Lipinski definition) is 4. The molecule has 0 unspecified atom stereocenters. The average Bonchev–Trinajstić information content (AvgIpc) is 2.38. The normalized spacial score (nSPS) is 11.1. The lowest BCUT2D eigenvalue weighted by Gasteiger charge is -2.06. The molecule has 2 rings (SSSR count). The Kier molecular flexibility index (Phi) is 3.85. The zero-order valence-corrected chi connectivity index (χ0v) is 11.9. The summed E-state index contributed by atoms with van der Waals surface area (Å²) in [5.41, 5.74) is 1.67. The van der Waals surface area contributed by atoms with Gasteiger partial charge in [-0.15, -0.1) is 0 Å². The molecule has 1 aromatic heterocycles. The smallest absolute Gasteiger partial charge is 0.257 e. The summed E-state index contributed by atoms with van der Waals surface area (Å²) in [4.78, 5) is 16.2. The van der Waals surface area contributed by atoms with Crippen LogP contribution in [0.1, 0.15) is 16.1 Å². The second-order valence-corrected chi connectivity index (χ2v) is 6.46. The summed E-state index contributed by atoms with van der Waals surface area (Å²) < 4.78 is 22.9. The lowest BCUT2D eigenvalue weighted by Crippen LogP contribution is -2.12. The maximum atomic E-state index is 12.0. The molecule has 0 radical (unpaired) electrons. The van der Waals surface area contributed by atoms with Gasteiger partial charge in [-0.1, -0.05) is 6.07 Å². The monoisotopic (exact) mass is 290 g/mol. The van der Waals surface area contributed by atoms with Crippen LogP contribution < -0.4 is 5.32 Å². The second kappa shape index (κ2) is 5.42. The van der Waals surface area contributed by atoms with Gasteiger partial charge in [0.1, 0.15) is 0 Å². The predicted molar refractivity (Wildman–Crippen MR) is 76.5 cm³/mol. The van der Waals surface area contributed by atoms with Gasteiger partial charge in [0.2, 0.25) is 0 Å². The van der Waals surface area contributed by atoms with Gasteiger partial charge in [-0.2, -0.15) is 0 Å². The lowest BCUT2D eigenvalue weighted by molar-refractivity contribution is 0.102. The number of carbonyl (C=O) groups is 1. The van der Waals surface area contributed by atoms with E-state index in [4.69, 9.17) is 0 Å². The molecule has 1 N–H and O–H groups in total. The first kappa shape index (κ1) is 14.2. The largest absolute Gasteiger partial charge is 0.322 e. The number of benzene rings is 1. The summed E-state index contributed by atoms with van der Waals surface area (Å²) in [5.74, 6) is -0.330. The maximum absolute atomic E-state index is 12.0. The van der Waals surface area contributed by atoms with Crippen molar-refractivity contribution < 1.29 is 13.2 Å². The van der Waals surface area contributed by atoms with Gasteiger partial charge in [0.25, 0.3) is 5.91 Å². The summed E-state index contributed by atoms with van der Waals surface area (Å²) >= 11 is 0. The number of amides is 1. The van der Waals surface area contributed by atoms with Crippen LogP contribution >= 0.6 is 0 Å². The van der Waals surface area contributed by atoms with Crippen LogP contribution in [-0.4, -0.2) is 25.6 Å². The van der Waals surface area contributed by atoms with Crippen molar-refractivity contribution in [1.82, 2.24) is 4.98 Å². The highest BCUT2D eigenvalue weighted by Gasteiger charge is 2.10. The number of rotatable bonds is 3. The van der Waals surface area contributed by atoms with E-state index in [-0.39, 0.29) is 10.8 Å². The molecule has 104 valence electrons. The molecule has 0 spiro atoms. The number of pyridine rings is 1. The quantitative estimate of drug-likeness (QED) is 0.938. The highest BCUT2D eigenvalue weighted by molar-refractivity contribution is 7.90. The zero-order valence-electron chi connectivity index (χ0n) is 11.1. The van der Waals surface area contributed by atoms with Crippen LogP contribution in [0.5, 0.6) is 0 Å². The number of carbonyl (C=O) groups excluding carboxylic acids is 1. The Labute approximate surface area is 117 Å². The number of aryl methyl sites for hydroxylation is 1. The molecule has 0 fully saturated rings. The SMILES string of the molecule is Cc1ccc(C(=O)Nc2cccc(S(C)(=O)=O)c2)cn1. The highest BCUT2D eigenvalue weighted by atomic mass is 32.2. The second-order valence-electron chi connectivity index (χ2n) is 4.44. The molecule has 0 aliphatic rings. The highest BCUT2D eigenvalue weighted by Crippen LogP contribution is 2.16. The fraction of sp³-hybridized carbons (Fsp3) is 0.143. The standard InChI is InChI=1S/C14H14N2O3S/c1-10-6-7-11(9-15-10)14(17)16-12-4-3-5-13(8-12)20(2,18)19/h3-9H,1-2H3,(H,16,17). The van der Waals surface area contributed by atoms with Crippen LogP contribution in [0.4, 0.5) is 5.69 Å². The van der Waals surface area contributed by atoms with Gasteiger partial charge in [-0.25, -0.2) is 8.42 Å². The molecular formula is C14H14N2O3S. The minimum atomic E-state index is -3.30. The minimum absolute atomic E-state index is 0.164. The van der Waals surface area contributed by atoms with Crippen molar-refractivity contribution in [2.75, 3.05) is 11.6 Å². The molecule has 0 atom stereocenters. The van der Waals surface area contributed by atoms with Gasteiger partial charge < -0.3 is 5.32 Å². The molecule has 0 saturated heterocycles. The van der Waals surface area contributed by atoms with Gasteiger partial charge in [0.15, 0.2) is 9.84 Å². The topological polar surface area (TPSA) is 76.1 Å². The third kappa shape index (κ3) is 3.42. The Morgan fingerprint density at radius 1 is 1.20 bits per heavy atom. The van der Waals surface area contributed by atoms with E-state index in [1.165, 1.54) is 18.3 Å². The molecule has 1 amide bonds. The zero-order chi connectivity index (χ0) is 14.8. The molecule has 0 aliphatic heterocycles. The molecule has 6 heteroatoms. The number of sulfone groups is 1. The Morgan fingerprint density at radius 3 is 2.55 bits per heavy atom. The van der Waals surface area contributed by atoms with E-state index in [1.807, 2.05) is 6.92 Å². The van der Waals surface area contributed by atoms with Gasteiger partial charge >= 0.3 is 0 Å². The number of hydrogen-bond donors (Lipinski definition) is 1. The molecule has 1 heterocycles. The Bertz CT molecular complexity index is 737. The van der Waals surface area contributed by atoms with E-state index in [0.717, 1.165) is 11.9 Å². The van der Waals surface area contributed by atoms with Gasteiger partial charge in [0.05, 0.1) is 10.5 Å². The first-order valence-corrected chi connectivity index (χ1v) is 7.79. The van der Waals surface area contributed by atoms with Crippen molar-refractivity contribution in [3.05, 3.63) is 53.9 Å². The number of nitrogens with one attached hydrogen (secondary N) is 1. The minimum Gasteiger partial charge on any atom is -0.322 e. The predicted octanol–water partition coefficient (Wildman–Crippen LogP) is 2.05. The number of anilines is 1. The van der Waals surface area contributed by atoms with E-state index in [9.17, 15) is 13.2 Å². The van der Waals surface area contributed by atoms with Gasteiger partial charge in [-0.05, 0) is 37.3 Å². The lowest BCUT2D eigenvalue weighted by atomic mass is 10.2. The summed E-state index contributed by atoms with van der Waals surface area (Å²) in [6.45, 7) is 1.83. The van der Waals surface area contributed by atoms with Crippen molar-refractivity contribution in [3.63, 3.8) is 0 Å². The molecule has 0 aliphatic carbocycles. The Balaban J connectivity index is 2.22. The fourth-order valence-corrected chi connectivity index (χ4v) is 2.28. The molecule has 0 bridgehead atoms. The summed E-state index contributed by atoms with van der Waals surface area (Å²) in [6, 6.07) is 9.53. The van der Waals surface area contributed by atoms with E-state index in [0.29, 0.717) is 11.3 Å². The summed E-state index contributed by atoms with van der Waals surface area (Å²) in [6.07, 6.45) is 2.60. The summed E-state index contributed by atoms with van der Waals surface area (Å²) in [7, 11) is -3.30. The van der Waals surface area contributed by atoms with Crippen LogP contribution in [0.25, 0.3) is 0 Å².